The topological polar surface area (TPSA) is 89.3 Å². The highest BCUT2D eigenvalue weighted by Gasteiger charge is 2.27. The number of amides is 1. The summed E-state index contributed by atoms with van der Waals surface area (Å²) in [7, 11) is -3.83. The molecule has 106 valence electrons. The van der Waals surface area contributed by atoms with Crippen LogP contribution in [0.3, 0.4) is 0 Å². The van der Waals surface area contributed by atoms with E-state index in [1.54, 1.807) is 26.0 Å². The minimum absolute atomic E-state index is 0.0498. The lowest BCUT2D eigenvalue weighted by Gasteiger charge is -2.19. The number of halogens is 2. The Bertz CT molecular complexity index is 588. The van der Waals surface area contributed by atoms with E-state index >= 15 is 0 Å². The van der Waals surface area contributed by atoms with Gasteiger partial charge in [-0.2, -0.15) is 4.72 Å². The molecule has 0 bridgehead atoms. The Kier molecular flexibility index (Phi) is 5.54. The summed E-state index contributed by atoms with van der Waals surface area (Å²) < 4.78 is 27.9. The second kappa shape index (κ2) is 6.34. The van der Waals surface area contributed by atoms with Crippen molar-refractivity contribution in [2.45, 2.75) is 24.8 Å². The van der Waals surface area contributed by atoms with Crippen molar-refractivity contribution in [3.63, 3.8) is 0 Å². The molecular weight excluding hydrogens is 400 g/mol. The van der Waals surface area contributed by atoms with Crippen molar-refractivity contribution in [1.82, 2.24) is 4.72 Å². The van der Waals surface area contributed by atoms with Crippen molar-refractivity contribution >= 4 is 47.8 Å². The third-order valence-corrected chi connectivity index (χ3v) is 5.37. The van der Waals surface area contributed by atoms with Crippen LogP contribution in [0.4, 0.5) is 0 Å². The molecule has 8 heteroatoms. The summed E-state index contributed by atoms with van der Waals surface area (Å²) >= 11 is 6.38. The molecular formula is C11H14Br2N2O3S. The van der Waals surface area contributed by atoms with Crippen molar-refractivity contribution < 1.29 is 13.2 Å². The average molecular weight is 414 g/mol. The number of rotatable bonds is 5. The number of nitrogens with two attached hydrogens (primary N) is 1. The number of sulfonamides is 1. The Labute approximate surface area is 129 Å². The molecule has 0 fully saturated rings. The van der Waals surface area contributed by atoms with Crippen molar-refractivity contribution in [3.05, 3.63) is 27.1 Å². The van der Waals surface area contributed by atoms with Gasteiger partial charge in [0.05, 0.1) is 4.90 Å². The van der Waals surface area contributed by atoms with E-state index in [2.05, 4.69) is 36.6 Å². The fourth-order valence-corrected chi connectivity index (χ4v) is 4.29. The van der Waals surface area contributed by atoms with E-state index < -0.39 is 22.0 Å². The normalized spacial score (nSPS) is 13.5. The van der Waals surface area contributed by atoms with Gasteiger partial charge < -0.3 is 5.73 Å². The van der Waals surface area contributed by atoms with E-state index in [4.69, 9.17) is 5.73 Å². The summed E-state index contributed by atoms with van der Waals surface area (Å²) in [4.78, 5) is 11.3. The standard InChI is InChI=1S/C11H14Br2N2O3S/c1-6(2)10(11(14)16)15-19(17,18)9-5-7(12)3-4-8(9)13/h3-6,10,15H,1-2H3,(H2,14,16). The maximum atomic E-state index is 12.3. The second-order valence-electron chi connectivity index (χ2n) is 4.32. The van der Waals surface area contributed by atoms with Gasteiger partial charge in [0.1, 0.15) is 6.04 Å². The first kappa shape index (κ1) is 16.6. The van der Waals surface area contributed by atoms with E-state index in [-0.39, 0.29) is 10.8 Å². The van der Waals surface area contributed by atoms with Gasteiger partial charge in [-0.15, -0.1) is 0 Å². The van der Waals surface area contributed by atoms with Crippen molar-refractivity contribution in [1.29, 1.82) is 0 Å². The predicted molar refractivity (Wildman–Crippen MR) is 80.0 cm³/mol. The van der Waals surface area contributed by atoms with Crippen LogP contribution in [0.15, 0.2) is 32.0 Å². The zero-order valence-electron chi connectivity index (χ0n) is 10.4. The maximum Gasteiger partial charge on any atom is 0.242 e. The van der Waals surface area contributed by atoms with Gasteiger partial charge in [0.25, 0.3) is 0 Å². The molecule has 1 aromatic carbocycles. The van der Waals surface area contributed by atoms with E-state index in [1.165, 1.54) is 6.07 Å². The Morgan fingerprint density at radius 1 is 1.32 bits per heavy atom. The molecule has 0 aliphatic rings. The number of hydrogen-bond donors (Lipinski definition) is 2. The number of primary amides is 1. The van der Waals surface area contributed by atoms with Crippen molar-refractivity contribution in [3.8, 4) is 0 Å². The van der Waals surface area contributed by atoms with Crippen LogP contribution in [0.2, 0.25) is 0 Å². The van der Waals surface area contributed by atoms with Crippen molar-refractivity contribution in [2.24, 2.45) is 11.7 Å². The molecule has 0 aliphatic carbocycles. The van der Waals surface area contributed by atoms with Gasteiger partial charge in [0.2, 0.25) is 15.9 Å². The maximum absolute atomic E-state index is 12.3. The van der Waals surface area contributed by atoms with Gasteiger partial charge in [-0.25, -0.2) is 8.42 Å². The fraction of sp³-hybridized carbons (Fsp3) is 0.364. The quantitative estimate of drug-likeness (QED) is 0.773. The van der Waals surface area contributed by atoms with Crippen LogP contribution in [0.1, 0.15) is 13.8 Å². The van der Waals surface area contributed by atoms with Crippen LogP contribution in [0, 0.1) is 5.92 Å². The zero-order valence-corrected chi connectivity index (χ0v) is 14.3. The summed E-state index contributed by atoms with van der Waals surface area (Å²) in [5.41, 5.74) is 5.20. The van der Waals surface area contributed by atoms with E-state index in [1.807, 2.05) is 0 Å². The van der Waals surface area contributed by atoms with Crippen LogP contribution in [-0.4, -0.2) is 20.4 Å². The number of carbonyl (C=O) groups excluding carboxylic acids is 1. The highest BCUT2D eigenvalue weighted by atomic mass is 79.9. The number of carbonyl (C=O) groups is 1. The summed E-state index contributed by atoms with van der Waals surface area (Å²) in [6, 6.07) is 3.81. The van der Waals surface area contributed by atoms with Gasteiger partial charge in [-0.3, -0.25) is 4.79 Å². The second-order valence-corrected chi connectivity index (χ2v) is 7.77. The average Bonchev–Trinajstić information content (AvgIpc) is 2.28. The number of nitrogens with one attached hydrogen (secondary N) is 1. The summed E-state index contributed by atoms with van der Waals surface area (Å²) in [6.07, 6.45) is 0. The molecule has 1 aromatic rings. The molecule has 3 N–H and O–H groups in total. The smallest absolute Gasteiger partial charge is 0.242 e. The molecule has 0 radical (unpaired) electrons. The highest BCUT2D eigenvalue weighted by Crippen LogP contribution is 2.26. The van der Waals surface area contributed by atoms with E-state index in [9.17, 15) is 13.2 Å². The molecule has 1 rings (SSSR count). The van der Waals surface area contributed by atoms with Gasteiger partial charge in [0.15, 0.2) is 0 Å². The molecule has 0 heterocycles. The Morgan fingerprint density at radius 2 is 1.89 bits per heavy atom. The van der Waals surface area contributed by atoms with Gasteiger partial charge in [-0.1, -0.05) is 29.8 Å². The SMILES string of the molecule is CC(C)C(NS(=O)(=O)c1cc(Br)ccc1Br)C(N)=O. The van der Waals surface area contributed by atoms with E-state index in [0.717, 1.165) is 0 Å². The molecule has 5 nitrogen and oxygen atoms in total. The highest BCUT2D eigenvalue weighted by molar-refractivity contribution is 9.11. The zero-order chi connectivity index (χ0) is 14.8. The summed E-state index contributed by atoms with van der Waals surface area (Å²) in [5, 5.41) is 0. The number of benzene rings is 1. The molecule has 0 aliphatic heterocycles. The molecule has 19 heavy (non-hydrogen) atoms. The Balaban J connectivity index is 3.17. The number of hydrogen-bond acceptors (Lipinski definition) is 3. The molecule has 1 amide bonds. The lowest BCUT2D eigenvalue weighted by molar-refractivity contribution is -0.120. The predicted octanol–water partition coefficient (Wildman–Crippen LogP) is 2.00. The minimum Gasteiger partial charge on any atom is -0.368 e. The first-order valence-electron chi connectivity index (χ1n) is 5.42. The molecule has 0 aromatic heterocycles. The molecule has 1 unspecified atom stereocenters. The first-order valence-corrected chi connectivity index (χ1v) is 8.48. The van der Waals surface area contributed by atoms with Crippen LogP contribution in [-0.2, 0) is 14.8 Å². The molecule has 0 spiro atoms. The Morgan fingerprint density at radius 3 is 2.37 bits per heavy atom. The molecule has 1 atom stereocenters. The first-order chi connectivity index (χ1) is 8.65. The summed E-state index contributed by atoms with van der Waals surface area (Å²) in [5.74, 6) is -0.942. The van der Waals surface area contributed by atoms with E-state index in [0.29, 0.717) is 8.95 Å². The van der Waals surface area contributed by atoms with Crippen LogP contribution in [0.5, 0.6) is 0 Å². The third-order valence-electron chi connectivity index (χ3n) is 2.44. The minimum atomic E-state index is -3.83. The fourth-order valence-electron chi connectivity index (χ4n) is 1.44. The van der Waals surface area contributed by atoms with Gasteiger partial charge in [0, 0.05) is 8.95 Å². The molecule has 0 saturated carbocycles. The van der Waals surface area contributed by atoms with Crippen LogP contribution >= 0.6 is 31.9 Å². The lowest BCUT2D eigenvalue weighted by Crippen LogP contribution is -2.47. The third kappa shape index (κ3) is 4.27. The van der Waals surface area contributed by atoms with Crippen LogP contribution in [0.25, 0.3) is 0 Å². The summed E-state index contributed by atoms with van der Waals surface area (Å²) in [6.45, 7) is 3.43. The largest absolute Gasteiger partial charge is 0.368 e. The van der Waals surface area contributed by atoms with Gasteiger partial charge in [-0.05, 0) is 40.0 Å². The van der Waals surface area contributed by atoms with Gasteiger partial charge >= 0.3 is 0 Å². The van der Waals surface area contributed by atoms with Crippen molar-refractivity contribution in [2.75, 3.05) is 0 Å². The Hall–Kier alpha value is -0.440. The monoisotopic (exact) mass is 412 g/mol. The van der Waals surface area contributed by atoms with Crippen LogP contribution < -0.4 is 10.5 Å². The lowest BCUT2D eigenvalue weighted by atomic mass is 10.1. The molecule has 0 saturated heterocycles.